The highest BCUT2D eigenvalue weighted by atomic mass is 16.8. The van der Waals surface area contributed by atoms with Gasteiger partial charge in [-0.1, -0.05) is 60.7 Å². The molecule has 166 valence electrons. The number of amides is 1. The first-order valence-corrected chi connectivity index (χ1v) is 10.1. The van der Waals surface area contributed by atoms with Crippen molar-refractivity contribution in [2.24, 2.45) is 0 Å². The number of carbonyl (C=O) groups is 1. The maximum atomic E-state index is 13.2. The first-order chi connectivity index (χ1) is 14.9. The minimum atomic E-state index is -1.46. The van der Waals surface area contributed by atoms with Crippen LogP contribution in [0.15, 0.2) is 60.7 Å². The molecule has 2 saturated heterocycles. The number of cyclic esters (lactones) is 1. The summed E-state index contributed by atoms with van der Waals surface area (Å²) in [6.07, 6.45) is -5.17. The van der Waals surface area contributed by atoms with Gasteiger partial charge in [0.25, 0.3) is 0 Å². The van der Waals surface area contributed by atoms with Crippen molar-refractivity contribution in [1.29, 1.82) is 0 Å². The third-order valence-corrected chi connectivity index (χ3v) is 6.07. The number of methoxy groups -OCH3 is 2. The highest BCUT2D eigenvalue weighted by Crippen LogP contribution is 2.48. The number of benzene rings is 2. The van der Waals surface area contributed by atoms with Gasteiger partial charge in [-0.05, 0) is 18.1 Å². The topological polar surface area (TPSA) is 97.7 Å². The lowest BCUT2D eigenvalue weighted by Crippen LogP contribution is -2.69. The van der Waals surface area contributed by atoms with E-state index in [2.05, 4.69) is 0 Å². The lowest BCUT2D eigenvalue weighted by atomic mass is 9.88. The molecule has 0 spiro atoms. The average Bonchev–Trinajstić information content (AvgIpc) is 3.14. The van der Waals surface area contributed by atoms with E-state index in [0.29, 0.717) is 0 Å². The zero-order chi connectivity index (χ0) is 22.2. The minimum Gasteiger partial charge on any atom is -0.439 e. The first kappa shape index (κ1) is 21.7. The Morgan fingerprint density at radius 2 is 1.52 bits per heavy atom. The zero-order valence-electron chi connectivity index (χ0n) is 17.6. The Morgan fingerprint density at radius 3 is 2.06 bits per heavy atom. The molecule has 2 aromatic rings. The molecule has 2 N–H and O–H groups in total. The molecule has 2 aliphatic rings. The molecule has 0 aromatic heterocycles. The van der Waals surface area contributed by atoms with Crippen LogP contribution in [0.1, 0.15) is 30.2 Å². The number of hydrogen-bond donors (Lipinski definition) is 2. The Bertz CT molecular complexity index is 895. The van der Waals surface area contributed by atoms with Crippen LogP contribution in [0, 0.1) is 0 Å². The van der Waals surface area contributed by atoms with Gasteiger partial charge in [-0.2, -0.15) is 0 Å². The molecule has 1 amide bonds. The van der Waals surface area contributed by atoms with Gasteiger partial charge in [-0.25, -0.2) is 4.79 Å². The predicted molar refractivity (Wildman–Crippen MR) is 110 cm³/mol. The maximum Gasteiger partial charge on any atom is 0.411 e. The van der Waals surface area contributed by atoms with Crippen LogP contribution >= 0.6 is 0 Å². The van der Waals surface area contributed by atoms with Crippen LogP contribution in [0.4, 0.5) is 4.79 Å². The van der Waals surface area contributed by atoms with Crippen molar-refractivity contribution in [1.82, 2.24) is 4.90 Å². The van der Waals surface area contributed by atoms with E-state index in [9.17, 15) is 15.0 Å². The lowest BCUT2D eigenvalue weighted by Gasteiger charge is -2.51. The molecule has 4 rings (SSSR count). The standard InChI is InChI=1S/C23H27NO7/c1-23(29-3)20(17(25)18(26)21(28-2)31-23)24-16(14-10-6-4-7-11-14)19(30-22(24)27)15-12-8-5-9-13-15/h4-13,16-21,25-26H,1-3H3/t16-,17+,18-,19+,20-,21-,23-/m1/s1. The fourth-order valence-electron chi connectivity index (χ4n) is 4.46. The van der Waals surface area contributed by atoms with Crippen LogP contribution in [0.25, 0.3) is 0 Å². The van der Waals surface area contributed by atoms with Gasteiger partial charge in [0, 0.05) is 14.2 Å². The molecule has 8 heteroatoms. The van der Waals surface area contributed by atoms with E-state index in [0.717, 1.165) is 11.1 Å². The van der Waals surface area contributed by atoms with Crippen molar-refractivity contribution in [3.8, 4) is 0 Å². The van der Waals surface area contributed by atoms with Crippen molar-refractivity contribution in [3.63, 3.8) is 0 Å². The lowest BCUT2D eigenvalue weighted by molar-refractivity contribution is -0.374. The SMILES string of the molecule is CO[C@@H]1O[C@@](C)(OC)[C@H](N2C(=O)O[C@@H](c3ccccc3)[C@H]2c2ccccc2)[C@@H](O)[C@H]1O. The van der Waals surface area contributed by atoms with Crippen LogP contribution in [-0.4, -0.2) is 65.8 Å². The van der Waals surface area contributed by atoms with E-state index in [-0.39, 0.29) is 0 Å². The van der Waals surface area contributed by atoms with Gasteiger partial charge >= 0.3 is 6.09 Å². The van der Waals surface area contributed by atoms with Crippen LogP contribution < -0.4 is 0 Å². The second-order valence-electron chi connectivity index (χ2n) is 7.85. The third-order valence-electron chi connectivity index (χ3n) is 6.07. The van der Waals surface area contributed by atoms with Crippen LogP contribution in [0.3, 0.4) is 0 Å². The minimum absolute atomic E-state index is 0.583. The summed E-state index contributed by atoms with van der Waals surface area (Å²) >= 11 is 0. The number of aliphatic hydroxyl groups is 2. The highest BCUT2D eigenvalue weighted by molar-refractivity contribution is 5.72. The van der Waals surface area contributed by atoms with E-state index in [4.69, 9.17) is 18.9 Å². The number of hydrogen-bond acceptors (Lipinski definition) is 7. The van der Waals surface area contributed by atoms with E-state index in [1.54, 1.807) is 6.92 Å². The fraction of sp³-hybridized carbons (Fsp3) is 0.435. The van der Waals surface area contributed by atoms with Crippen molar-refractivity contribution >= 4 is 6.09 Å². The van der Waals surface area contributed by atoms with Crippen molar-refractivity contribution < 1.29 is 34.0 Å². The summed E-state index contributed by atoms with van der Waals surface area (Å²) in [5, 5.41) is 21.7. The normalized spacial score (nSPS) is 35.8. The van der Waals surface area contributed by atoms with E-state index >= 15 is 0 Å². The summed E-state index contributed by atoms with van der Waals surface area (Å²) in [6, 6.07) is 17.2. The van der Waals surface area contributed by atoms with Crippen molar-refractivity contribution in [2.75, 3.05) is 14.2 Å². The van der Waals surface area contributed by atoms with Gasteiger partial charge in [0.2, 0.25) is 0 Å². The molecular weight excluding hydrogens is 402 g/mol. The van der Waals surface area contributed by atoms with Crippen molar-refractivity contribution in [2.45, 2.75) is 49.4 Å². The molecule has 7 atom stereocenters. The summed E-state index contributed by atoms with van der Waals surface area (Å²) in [5.41, 5.74) is 1.63. The molecule has 2 heterocycles. The molecule has 0 aliphatic carbocycles. The molecule has 2 aromatic carbocycles. The summed E-state index contributed by atoms with van der Waals surface area (Å²) in [6.45, 7) is 1.60. The number of rotatable bonds is 5. The number of nitrogens with zero attached hydrogens (tertiary/aromatic N) is 1. The van der Waals surface area contributed by atoms with E-state index in [1.165, 1.54) is 19.1 Å². The fourth-order valence-corrected chi connectivity index (χ4v) is 4.46. The summed E-state index contributed by atoms with van der Waals surface area (Å²) in [7, 11) is 2.77. The largest absolute Gasteiger partial charge is 0.439 e. The van der Waals surface area contributed by atoms with Crippen LogP contribution in [-0.2, 0) is 18.9 Å². The maximum absolute atomic E-state index is 13.2. The average molecular weight is 429 g/mol. The Hall–Kier alpha value is -2.49. The monoisotopic (exact) mass is 429 g/mol. The van der Waals surface area contributed by atoms with Gasteiger partial charge in [-0.3, -0.25) is 4.90 Å². The van der Waals surface area contributed by atoms with Gasteiger partial charge < -0.3 is 29.2 Å². The molecule has 8 nitrogen and oxygen atoms in total. The van der Waals surface area contributed by atoms with E-state index in [1.807, 2.05) is 60.7 Å². The Labute approximate surface area is 180 Å². The number of aliphatic hydroxyl groups excluding tert-OH is 2. The van der Waals surface area contributed by atoms with Crippen molar-refractivity contribution in [3.05, 3.63) is 71.8 Å². The molecule has 2 aliphatic heterocycles. The van der Waals surface area contributed by atoms with Gasteiger partial charge in [-0.15, -0.1) is 0 Å². The zero-order valence-corrected chi connectivity index (χ0v) is 17.6. The highest BCUT2D eigenvalue weighted by Gasteiger charge is 2.60. The molecule has 0 saturated carbocycles. The smallest absolute Gasteiger partial charge is 0.411 e. The molecular formula is C23H27NO7. The number of carbonyl (C=O) groups excluding carboxylic acids is 1. The molecule has 0 bridgehead atoms. The second kappa shape index (κ2) is 8.57. The number of ether oxygens (including phenoxy) is 4. The van der Waals surface area contributed by atoms with Gasteiger partial charge in [0.15, 0.2) is 18.2 Å². The summed E-state index contributed by atoms with van der Waals surface area (Å²) in [4.78, 5) is 14.6. The second-order valence-corrected chi connectivity index (χ2v) is 7.85. The quantitative estimate of drug-likeness (QED) is 0.753. The van der Waals surface area contributed by atoms with E-state index < -0.39 is 48.6 Å². The summed E-state index contributed by atoms with van der Waals surface area (Å²) < 4.78 is 22.4. The van der Waals surface area contributed by atoms with Crippen LogP contribution in [0.5, 0.6) is 0 Å². The Kier molecular flexibility index (Phi) is 6.00. The van der Waals surface area contributed by atoms with Gasteiger partial charge in [0.1, 0.15) is 24.3 Å². The Morgan fingerprint density at radius 1 is 0.935 bits per heavy atom. The molecule has 0 radical (unpaired) electrons. The predicted octanol–water partition coefficient (Wildman–Crippen LogP) is 2.38. The first-order valence-electron chi connectivity index (χ1n) is 10.1. The Balaban J connectivity index is 1.82. The molecule has 2 fully saturated rings. The third kappa shape index (κ3) is 3.71. The molecule has 31 heavy (non-hydrogen) atoms. The summed E-state index contributed by atoms with van der Waals surface area (Å²) in [5.74, 6) is -1.46. The van der Waals surface area contributed by atoms with Gasteiger partial charge in [0.05, 0.1) is 0 Å². The molecule has 0 unspecified atom stereocenters. The van der Waals surface area contributed by atoms with Crippen LogP contribution in [0.2, 0.25) is 0 Å².